The molecule has 0 aromatic rings. The van der Waals surface area contributed by atoms with Gasteiger partial charge in [-0.1, -0.05) is 88.5 Å². The fourth-order valence-electron chi connectivity index (χ4n) is 5.86. The van der Waals surface area contributed by atoms with Crippen LogP contribution in [0.1, 0.15) is 168 Å². The zero-order valence-electron chi connectivity index (χ0n) is 28.9. The van der Waals surface area contributed by atoms with Gasteiger partial charge in [-0.2, -0.15) is 0 Å². The van der Waals surface area contributed by atoms with Crippen molar-refractivity contribution in [2.75, 3.05) is 20.6 Å². The third kappa shape index (κ3) is 28.7. The monoisotopic (exact) mass is 584 g/mol. The van der Waals surface area contributed by atoms with Crippen LogP contribution in [0, 0.1) is 11.8 Å². The van der Waals surface area contributed by atoms with Crippen LogP contribution < -0.4 is 0 Å². The zero-order chi connectivity index (χ0) is 30.9. The average Bonchev–Trinajstić information content (AvgIpc) is 2.97. The summed E-state index contributed by atoms with van der Waals surface area (Å²) >= 11 is 0. The molecule has 0 aromatic carbocycles. The Bertz CT molecular complexity index is 647. The lowest BCUT2D eigenvalue weighted by molar-refractivity contribution is -0.120. The molecule has 0 aliphatic rings. The smallest absolute Gasteiger partial charge is 0.133 e. The first-order chi connectivity index (χ1) is 20.5. The van der Waals surface area contributed by atoms with Crippen LogP contribution in [0.3, 0.4) is 0 Å². The third-order valence-corrected chi connectivity index (χ3v) is 8.54. The summed E-state index contributed by atoms with van der Waals surface area (Å²) in [5, 5.41) is 0. The van der Waals surface area contributed by atoms with Crippen molar-refractivity contribution < 1.29 is 4.79 Å². The molecule has 1 atom stereocenters. The van der Waals surface area contributed by atoms with Crippen LogP contribution in [0.5, 0.6) is 0 Å². The number of hydrogen-bond donors (Lipinski definition) is 0. The molecule has 0 heterocycles. The van der Waals surface area contributed by atoms with Crippen molar-refractivity contribution in [3.63, 3.8) is 0 Å². The van der Waals surface area contributed by atoms with E-state index in [2.05, 4.69) is 75.9 Å². The van der Waals surface area contributed by atoms with Gasteiger partial charge in [0.25, 0.3) is 0 Å². The Balaban J connectivity index is 5.15. The van der Waals surface area contributed by atoms with E-state index in [0.29, 0.717) is 17.6 Å². The topological polar surface area (TPSA) is 20.3 Å². The molecule has 0 aliphatic heterocycles. The van der Waals surface area contributed by atoms with Gasteiger partial charge in [0.2, 0.25) is 0 Å². The van der Waals surface area contributed by atoms with Crippen LogP contribution in [0.4, 0.5) is 0 Å². The van der Waals surface area contributed by atoms with Crippen LogP contribution in [0.2, 0.25) is 0 Å². The van der Waals surface area contributed by atoms with Gasteiger partial charge in [0.15, 0.2) is 0 Å². The second-order valence-electron chi connectivity index (χ2n) is 12.9. The summed E-state index contributed by atoms with van der Waals surface area (Å²) < 4.78 is 0. The molecule has 244 valence electrons. The molecule has 0 spiro atoms. The molecule has 0 bridgehead atoms. The highest BCUT2D eigenvalue weighted by atomic mass is 16.1. The first kappa shape index (κ1) is 40.6. The summed E-state index contributed by atoms with van der Waals surface area (Å²) in [7, 11) is 4.27. The van der Waals surface area contributed by atoms with Crippen LogP contribution >= 0.6 is 0 Å². The van der Waals surface area contributed by atoms with Gasteiger partial charge in [0.05, 0.1) is 0 Å². The quantitative estimate of drug-likeness (QED) is 0.0580. The van der Waals surface area contributed by atoms with Crippen molar-refractivity contribution in [2.24, 2.45) is 11.8 Å². The minimum atomic E-state index is 0.511. The van der Waals surface area contributed by atoms with Crippen LogP contribution in [0.15, 0.2) is 49.1 Å². The highest BCUT2D eigenvalue weighted by molar-refractivity contribution is 5.78. The molecular weight excluding hydrogens is 510 g/mol. The van der Waals surface area contributed by atoms with E-state index in [1.165, 1.54) is 109 Å². The van der Waals surface area contributed by atoms with E-state index < -0.39 is 0 Å². The molecule has 1 unspecified atom stereocenters. The Morgan fingerprint density at radius 1 is 0.571 bits per heavy atom. The van der Waals surface area contributed by atoms with Crippen LogP contribution in [-0.4, -0.2) is 31.3 Å². The van der Waals surface area contributed by atoms with Crippen molar-refractivity contribution in [3.05, 3.63) is 49.1 Å². The second-order valence-corrected chi connectivity index (χ2v) is 12.9. The Hall–Kier alpha value is -1.41. The van der Waals surface area contributed by atoms with Gasteiger partial charge < -0.3 is 4.90 Å². The summed E-state index contributed by atoms with van der Waals surface area (Å²) in [5.41, 5.74) is 0. The molecule has 0 radical (unpaired) electrons. The lowest BCUT2D eigenvalue weighted by Gasteiger charge is -2.27. The molecule has 0 amide bonds. The molecule has 0 fully saturated rings. The standard InChI is InChI=1S/C40H73NO/c1-6-9-12-15-18-21-23-27-32-38(33-28-24-22-19-16-13-10-7-2)39(34-29-25-20-17-14-11-8-3)37-40(42)35-30-26-31-36-41(4)5/h8,18-22,25,38-39H,3,6-7,9-17,23-24,26-37H2,1-2,4-5H3/b21-18-,22-19-,25-20-. The molecule has 0 aromatic heterocycles. The minimum absolute atomic E-state index is 0.511. The molecule has 0 aliphatic carbocycles. The molecule has 0 saturated heterocycles. The van der Waals surface area contributed by atoms with Crippen molar-refractivity contribution >= 4 is 5.78 Å². The number of unbranched alkanes of at least 4 members (excludes halogenated alkanes) is 12. The van der Waals surface area contributed by atoms with Crippen LogP contribution in [0.25, 0.3) is 0 Å². The van der Waals surface area contributed by atoms with Crippen molar-refractivity contribution in [1.82, 2.24) is 4.90 Å². The van der Waals surface area contributed by atoms with Crippen molar-refractivity contribution in [1.29, 1.82) is 0 Å². The lowest BCUT2D eigenvalue weighted by Crippen LogP contribution is -2.19. The molecule has 0 rings (SSSR count). The van der Waals surface area contributed by atoms with Gasteiger partial charge in [0, 0.05) is 12.8 Å². The van der Waals surface area contributed by atoms with Crippen molar-refractivity contribution in [3.8, 4) is 0 Å². The molecule has 42 heavy (non-hydrogen) atoms. The number of rotatable bonds is 32. The number of Topliss-reactive ketones (excluding diaryl/α,β-unsaturated/α-hetero) is 1. The second kappa shape index (κ2) is 32.5. The fourth-order valence-corrected chi connectivity index (χ4v) is 5.86. The number of allylic oxidation sites excluding steroid dienone is 7. The SMILES string of the molecule is C=CCCC/C=C\CCC(CC(=O)CCCCCN(C)C)C(CCC/C=C\CCCCC)CCC/C=C\CCCCC. The summed E-state index contributed by atoms with van der Waals surface area (Å²) in [4.78, 5) is 15.4. The summed E-state index contributed by atoms with van der Waals surface area (Å²) in [5.74, 6) is 1.70. The van der Waals surface area contributed by atoms with E-state index in [9.17, 15) is 4.79 Å². The maximum Gasteiger partial charge on any atom is 0.133 e. The van der Waals surface area contributed by atoms with Crippen LogP contribution in [-0.2, 0) is 4.79 Å². The van der Waals surface area contributed by atoms with E-state index in [1.807, 2.05) is 6.08 Å². The summed E-state index contributed by atoms with van der Waals surface area (Å²) in [6, 6.07) is 0. The highest BCUT2D eigenvalue weighted by Crippen LogP contribution is 2.32. The first-order valence-corrected chi connectivity index (χ1v) is 18.3. The summed E-state index contributed by atoms with van der Waals surface area (Å²) in [6.07, 6.45) is 44.9. The van der Waals surface area contributed by atoms with E-state index in [1.54, 1.807) is 0 Å². The minimum Gasteiger partial charge on any atom is -0.309 e. The molecule has 2 heteroatoms. The van der Waals surface area contributed by atoms with Gasteiger partial charge in [-0.3, -0.25) is 4.79 Å². The lowest BCUT2D eigenvalue weighted by atomic mass is 9.78. The molecule has 0 saturated carbocycles. The Morgan fingerprint density at radius 3 is 1.62 bits per heavy atom. The maximum absolute atomic E-state index is 13.2. The van der Waals surface area contributed by atoms with E-state index in [-0.39, 0.29) is 0 Å². The van der Waals surface area contributed by atoms with E-state index in [0.717, 1.165) is 51.5 Å². The van der Waals surface area contributed by atoms with Gasteiger partial charge >= 0.3 is 0 Å². The van der Waals surface area contributed by atoms with E-state index in [4.69, 9.17) is 0 Å². The predicted octanol–water partition coefficient (Wildman–Crippen LogP) is 12.6. The number of nitrogens with zero attached hydrogens (tertiary/aromatic N) is 1. The van der Waals surface area contributed by atoms with Gasteiger partial charge in [-0.05, 0) is 142 Å². The summed E-state index contributed by atoms with van der Waals surface area (Å²) in [6.45, 7) is 9.52. The largest absolute Gasteiger partial charge is 0.309 e. The number of ketones is 1. The predicted molar refractivity (Wildman–Crippen MR) is 190 cm³/mol. The first-order valence-electron chi connectivity index (χ1n) is 18.3. The zero-order valence-corrected chi connectivity index (χ0v) is 28.9. The number of carbonyl (C=O) groups is 1. The highest BCUT2D eigenvalue weighted by Gasteiger charge is 2.23. The fraction of sp³-hybridized carbons (Fsp3) is 0.775. The maximum atomic E-state index is 13.2. The average molecular weight is 584 g/mol. The normalized spacial score (nSPS) is 13.0. The Morgan fingerprint density at radius 2 is 1.10 bits per heavy atom. The van der Waals surface area contributed by atoms with Gasteiger partial charge in [-0.25, -0.2) is 0 Å². The Kier molecular flexibility index (Phi) is 31.4. The van der Waals surface area contributed by atoms with Gasteiger partial charge in [-0.15, -0.1) is 6.58 Å². The Labute approximate surface area is 264 Å². The van der Waals surface area contributed by atoms with Gasteiger partial charge in [0.1, 0.15) is 5.78 Å². The van der Waals surface area contributed by atoms with E-state index >= 15 is 0 Å². The molecular formula is C40H73NO. The number of hydrogen-bond acceptors (Lipinski definition) is 2. The van der Waals surface area contributed by atoms with Crippen molar-refractivity contribution in [2.45, 2.75) is 168 Å². The number of carbonyl (C=O) groups excluding carboxylic acids is 1. The third-order valence-electron chi connectivity index (χ3n) is 8.54. The molecule has 2 nitrogen and oxygen atoms in total. The molecule has 0 N–H and O–H groups in total.